The summed E-state index contributed by atoms with van der Waals surface area (Å²) in [6.07, 6.45) is 7.60. The lowest BCUT2D eigenvalue weighted by Gasteiger charge is -2.31. The molecule has 0 aromatic heterocycles. The summed E-state index contributed by atoms with van der Waals surface area (Å²) in [5.41, 5.74) is 0.818. The standard InChI is InChI=1S/C22H34N4O2/c27-21(23-12-17-25-13-6-1-2-7-14-25)18-19-10-15-26(16-11-19)22(28)24-20-8-4-3-5-9-20/h3-5,8-9,19H,1-2,6-7,10-18H2,(H,23,27)(H,24,28). The first-order valence-electron chi connectivity index (χ1n) is 10.8. The van der Waals surface area contributed by atoms with Crippen LogP contribution < -0.4 is 10.6 Å². The van der Waals surface area contributed by atoms with Gasteiger partial charge in [-0.15, -0.1) is 0 Å². The van der Waals surface area contributed by atoms with Crippen LogP contribution in [0, 0.1) is 5.92 Å². The predicted octanol–water partition coefficient (Wildman–Crippen LogP) is 3.31. The lowest BCUT2D eigenvalue weighted by atomic mass is 9.93. The fourth-order valence-electron chi connectivity index (χ4n) is 4.11. The van der Waals surface area contributed by atoms with Gasteiger partial charge in [0, 0.05) is 38.3 Å². The monoisotopic (exact) mass is 386 g/mol. The van der Waals surface area contributed by atoms with Crippen molar-refractivity contribution < 1.29 is 9.59 Å². The van der Waals surface area contributed by atoms with Gasteiger partial charge in [0.2, 0.25) is 5.91 Å². The molecule has 0 spiro atoms. The number of nitrogens with one attached hydrogen (secondary N) is 2. The number of piperidine rings is 1. The SMILES string of the molecule is O=C(CC1CCN(C(=O)Nc2ccccc2)CC1)NCCN1CCCCCC1. The Morgan fingerprint density at radius 2 is 1.61 bits per heavy atom. The van der Waals surface area contributed by atoms with Gasteiger partial charge in [-0.3, -0.25) is 4.79 Å². The maximum Gasteiger partial charge on any atom is 0.321 e. The van der Waals surface area contributed by atoms with E-state index in [9.17, 15) is 9.59 Å². The van der Waals surface area contributed by atoms with E-state index in [1.54, 1.807) is 0 Å². The molecule has 0 atom stereocenters. The van der Waals surface area contributed by atoms with Crippen LogP contribution >= 0.6 is 0 Å². The molecule has 0 unspecified atom stereocenters. The largest absolute Gasteiger partial charge is 0.355 e. The van der Waals surface area contributed by atoms with Crippen molar-refractivity contribution in [3.63, 3.8) is 0 Å². The van der Waals surface area contributed by atoms with E-state index < -0.39 is 0 Å². The Kier molecular flexibility index (Phi) is 8.15. The predicted molar refractivity (Wildman–Crippen MR) is 112 cm³/mol. The molecule has 2 aliphatic heterocycles. The Labute approximate surface area is 168 Å². The molecule has 0 radical (unpaired) electrons. The van der Waals surface area contributed by atoms with Crippen molar-refractivity contribution in [2.24, 2.45) is 5.92 Å². The van der Waals surface area contributed by atoms with E-state index in [1.807, 2.05) is 35.2 Å². The van der Waals surface area contributed by atoms with Crippen LogP contribution in [0.5, 0.6) is 0 Å². The summed E-state index contributed by atoms with van der Waals surface area (Å²) in [7, 11) is 0. The third-order valence-corrected chi connectivity index (χ3v) is 5.85. The number of hydrogen-bond donors (Lipinski definition) is 2. The van der Waals surface area contributed by atoms with Crippen LogP contribution in [0.25, 0.3) is 0 Å². The van der Waals surface area contributed by atoms with Gasteiger partial charge in [-0.2, -0.15) is 0 Å². The van der Waals surface area contributed by atoms with Crippen LogP contribution in [-0.2, 0) is 4.79 Å². The second kappa shape index (κ2) is 11.1. The zero-order valence-electron chi connectivity index (χ0n) is 16.9. The number of nitrogens with zero attached hydrogens (tertiary/aromatic N) is 2. The average Bonchev–Trinajstić information content (AvgIpc) is 2.98. The highest BCUT2D eigenvalue weighted by Gasteiger charge is 2.24. The molecular weight excluding hydrogens is 352 g/mol. The average molecular weight is 387 g/mol. The van der Waals surface area contributed by atoms with Crippen LogP contribution in [0.3, 0.4) is 0 Å². The molecule has 3 rings (SSSR count). The van der Waals surface area contributed by atoms with Gasteiger partial charge in [0.25, 0.3) is 0 Å². The van der Waals surface area contributed by atoms with Crippen LogP contribution in [0.15, 0.2) is 30.3 Å². The van der Waals surface area contributed by atoms with Crippen molar-refractivity contribution in [1.82, 2.24) is 15.1 Å². The molecule has 154 valence electrons. The molecular formula is C22H34N4O2. The highest BCUT2D eigenvalue weighted by Crippen LogP contribution is 2.21. The summed E-state index contributed by atoms with van der Waals surface area (Å²) in [6, 6.07) is 9.48. The van der Waals surface area contributed by atoms with Gasteiger partial charge >= 0.3 is 6.03 Å². The summed E-state index contributed by atoms with van der Waals surface area (Å²) >= 11 is 0. The fourth-order valence-corrected chi connectivity index (χ4v) is 4.11. The highest BCUT2D eigenvalue weighted by atomic mass is 16.2. The molecule has 6 nitrogen and oxygen atoms in total. The van der Waals surface area contributed by atoms with Crippen molar-refractivity contribution in [3.8, 4) is 0 Å². The molecule has 0 saturated carbocycles. The highest BCUT2D eigenvalue weighted by molar-refractivity contribution is 5.89. The summed E-state index contributed by atoms with van der Waals surface area (Å²) < 4.78 is 0. The minimum Gasteiger partial charge on any atom is -0.355 e. The molecule has 2 saturated heterocycles. The molecule has 6 heteroatoms. The molecule has 2 N–H and O–H groups in total. The Bertz CT molecular complexity index is 606. The number of anilines is 1. The molecule has 28 heavy (non-hydrogen) atoms. The van der Waals surface area contributed by atoms with Crippen molar-refractivity contribution >= 4 is 17.6 Å². The van der Waals surface area contributed by atoms with E-state index in [2.05, 4.69) is 15.5 Å². The maximum absolute atomic E-state index is 12.3. The Hall–Kier alpha value is -2.08. The number of carbonyl (C=O) groups is 2. The quantitative estimate of drug-likeness (QED) is 0.788. The molecule has 3 amide bonds. The number of rotatable bonds is 6. The lowest BCUT2D eigenvalue weighted by molar-refractivity contribution is -0.122. The summed E-state index contributed by atoms with van der Waals surface area (Å²) in [6.45, 7) is 5.47. The fraction of sp³-hybridized carbons (Fsp3) is 0.636. The minimum atomic E-state index is -0.0495. The molecule has 0 bridgehead atoms. The smallest absolute Gasteiger partial charge is 0.321 e. The van der Waals surface area contributed by atoms with Crippen LogP contribution in [0.2, 0.25) is 0 Å². The molecule has 2 aliphatic rings. The zero-order valence-corrected chi connectivity index (χ0v) is 16.9. The van der Waals surface area contributed by atoms with E-state index in [4.69, 9.17) is 0 Å². The summed E-state index contributed by atoms with van der Waals surface area (Å²) in [5, 5.41) is 6.02. The van der Waals surface area contributed by atoms with Gasteiger partial charge in [-0.25, -0.2) is 4.79 Å². The van der Waals surface area contributed by atoms with Crippen molar-refractivity contribution in [1.29, 1.82) is 0 Å². The van der Waals surface area contributed by atoms with E-state index in [0.29, 0.717) is 25.4 Å². The number of carbonyl (C=O) groups excluding carboxylic acids is 2. The van der Waals surface area contributed by atoms with E-state index in [-0.39, 0.29) is 11.9 Å². The van der Waals surface area contributed by atoms with E-state index in [0.717, 1.165) is 31.6 Å². The van der Waals surface area contributed by atoms with E-state index >= 15 is 0 Å². The number of likely N-dealkylation sites (tertiary alicyclic amines) is 2. The van der Waals surface area contributed by atoms with Crippen molar-refractivity contribution in [2.45, 2.75) is 44.9 Å². The van der Waals surface area contributed by atoms with Gasteiger partial charge in [0.05, 0.1) is 0 Å². The maximum atomic E-state index is 12.3. The molecule has 1 aromatic rings. The van der Waals surface area contributed by atoms with Crippen LogP contribution in [0.1, 0.15) is 44.9 Å². The zero-order chi connectivity index (χ0) is 19.6. The first kappa shape index (κ1) is 20.6. The first-order valence-corrected chi connectivity index (χ1v) is 10.8. The number of amides is 3. The number of benzene rings is 1. The normalized spacial score (nSPS) is 19.1. The molecule has 1 aromatic carbocycles. The van der Waals surface area contributed by atoms with Gasteiger partial charge in [-0.1, -0.05) is 31.0 Å². The van der Waals surface area contributed by atoms with Crippen LogP contribution in [-0.4, -0.2) is 61.0 Å². The Balaban J connectivity index is 1.30. The van der Waals surface area contributed by atoms with Crippen LogP contribution in [0.4, 0.5) is 10.5 Å². The summed E-state index contributed by atoms with van der Waals surface area (Å²) in [4.78, 5) is 28.9. The number of hydrogen-bond acceptors (Lipinski definition) is 3. The number of urea groups is 1. The Morgan fingerprint density at radius 1 is 0.929 bits per heavy atom. The minimum absolute atomic E-state index is 0.0495. The first-order chi connectivity index (χ1) is 13.7. The third-order valence-electron chi connectivity index (χ3n) is 5.85. The van der Waals surface area contributed by atoms with Crippen molar-refractivity contribution in [2.75, 3.05) is 44.6 Å². The van der Waals surface area contributed by atoms with Gasteiger partial charge in [-0.05, 0) is 56.8 Å². The molecule has 2 fully saturated rings. The van der Waals surface area contributed by atoms with Gasteiger partial charge in [0.15, 0.2) is 0 Å². The Morgan fingerprint density at radius 3 is 2.29 bits per heavy atom. The topological polar surface area (TPSA) is 64.7 Å². The van der Waals surface area contributed by atoms with Gasteiger partial charge in [0.1, 0.15) is 0 Å². The van der Waals surface area contributed by atoms with Gasteiger partial charge < -0.3 is 20.4 Å². The molecule has 0 aliphatic carbocycles. The number of para-hydroxylation sites is 1. The van der Waals surface area contributed by atoms with E-state index in [1.165, 1.54) is 38.8 Å². The lowest BCUT2D eigenvalue weighted by Crippen LogP contribution is -2.42. The second-order valence-electron chi connectivity index (χ2n) is 8.04. The third kappa shape index (κ3) is 6.82. The summed E-state index contributed by atoms with van der Waals surface area (Å²) in [5.74, 6) is 0.529. The molecule has 2 heterocycles. The van der Waals surface area contributed by atoms with Crippen molar-refractivity contribution in [3.05, 3.63) is 30.3 Å². The second-order valence-corrected chi connectivity index (χ2v) is 8.04.